The van der Waals surface area contributed by atoms with Gasteiger partial charge in [0.1, 0.15) is 0 Å². The summed E-state index contributed by atoms with van der Waals surface area (Å²) in [5.74, 6) is 0.00259. The van der Waals surface area contributed by atoms with Crippen LogP contribution in [0.5, 0.6) is 0 Å². The molecule has 1 N–H and O–H groups in total. The van der Waals surface area contributed by atoms with E-state index in [1.54, 1.807) is 12.1 Å². The van der Waals surface area contributed by atoms with Crippen LogP contribution >= 0.6 is 27.5 Å². The molecule has 0 bridgehead atoms. The maximum absolute atomic E-state index is 12.6. The summed E-state index contributed by atoms with van der Waals surface area (Å²) in [6.07, 6.45) is 0. The number of nitrogens with one attached hydrogen (secondary N) is 1. The van der Waals surface area contributed by atoms with Gasteiger partial charge < -0.3 is 10.2 Å². The molecule has 1 aliphatic rings. The minimum atomic E-state index is 0.00259. The highest BCUT2D eigenvalue weighted by Gasteiger charge is 2.30. The zero-order chi connectivity index (χ0) is 13.3. The van der Waals surface area contributed by atoms with Crippen LogP contribution in [-0.4, -0.2) is 36.0 Å². The van der Waals surface area contributed by atoms with Gasteiger partial charge in [-0.1, -0.05) is 27.5 Å². The van der Waals surface area contributed by atoms with Crippen molar-refractivity contribution in [1.29, 1.82) is 0 Å². The number of rotatable bonds is 1. The van der Waals surface area contributed by atoms with Crippen LogP contribution in [0.2, 0.25) is 5.02 Å². The van der Waals surface area contributed by atoms with Gasteiger partial charge in [0.2, 0.25) is 0 Å². The SMILES string of the molecule is CC1CNCC(C)N1C(=O)c1cc(Br)ccc1Cl. The molecular formula is C13H16BrClN2O. The van der Waals surface area contributed by atoms with Crippen LogP contribution in [-0.2, 0) is 0 Å². The molecule has 98 valence electrons. The average molecular weight is 332 g/mol. The van der Waals surface area contributed by atoms with Crippen molar-refractivity contribution in [1.82, 2.24) is 10.2 Å². The number of carbonyl (C=O) groups excluding carboxylic acids is 1. The van der Waals surface area contributed by atoms with Gasteiger partial charge in [-0.25, -0.2) is 0 Å². The molecule has 0 radical (unpaired) electrons. The molecular weight excluding hydrogens is 316 g/mol. The normalized spacial score (nSPS) is 24.1. The topological polar surface area (TPSA) is 32.3 Å². The van der Waals surface area contributed by atoms with Crippen LogP contribution in [0.3, 0.4) is 0 Å². The first-order valence-corrected chi connectivity index (χ1v) is 7.16. The van der Waals surface area contributed by atoms with Crippen molar-refractivity contribution in [2.24, 2.45) is 0 Å². The van der Waals surface area contributed by atoms with Crippen molar-refractivity contribution in [2.45, 2.75) is 25.9 Å². The lowest BCUT2D eigenvalue weighted by molar-refractivity contribution is 0.0544. The molecule has 2 atom stereocenters. The molecule has 5 heteroatoms. The molecule has 1 aromatic rings. The first-order valence-electron chi connectivity index (χ1n) is 5.99. The predicted octanol–water partition coefficient (Wildman–Crippen LogP) is 2.92. The maximum atomic E-state index is 12.6. The fourth-order valence-electron chi connectivity index (χ4n) is 2.33. The first kappa shape index (κ1) is 13.8. The summed E-state index contributed by atoms with van der Waals surface area (Å²) in [6, 6.07) is 5.72. The Bertz CT molecular complexity index is 456. The van der Waals surface area contributed by atoms with Gasteiger partial charge in [0, 0.05) is 29.6 Å². The third-order valence-electron chi connectivity index (χ3n) is 3.22. The lowest BCUT2D eigenvalue weighted by Gasteiger charge is -2.39. The third-order valence-corrected chi connectivity index (χ3v) is 4.05. The summed E-state index contributed by atoms with van der Waals surface area (Å²) in [5.41, 5.74) is 0.562. The predicted molar refractivity (Wildman–Crippen MR) is 77.1 cm³/mol. The molecule has 2 rings (SSSR count). The second-order valence-corrected chi connectivity index (χ2v) is 6.02. The van der Waals surface area contributed by atoms with Gasteiger partial charge in [-0.15, -0.1) is 0 Å². The third kappa shape index (κ3) is 2.71. The van der Waals surface area contributed by atoms with Gasteiger partial charge >= 0.3 is 0 Å². The molecule has 0 spiro atoms. The minimum absolute atomic E-state index is 0.00259. The van der Waals surface area contributed by atoms with Gasteiger partial charge in [-0.05, 0) is 32.0 Å². The number of hydrogen-bond acceptors (Lipinski definition) is 2. The Balaban J connectivity index is 2.32. The Morgan fingerprint density at radius 1 is 1.39 bits per heavy atom. The van der Waals surface area contributed by atoms with Crippen LogP contribution in [0.15, 0.2) is 22.7 Å². The number of hydrogen-bond donors (Lipinski definition) is 1. The number of piperazine rings is 1. The Labute approximate surface area is 121 Å². The lowest BCUT2D eigenvalue weighted by atomic mass is 10.1. The highest BCUT2D eigenvalue weighted by atomic mass is 79.9. The van der Waals surface area contributed by atoms with Gasteiger partial charge in [-0.2, -0.15) is 0 Å². The van der Waals surface area contributed by atoms with E-state index in [9.17, 15) is 4.79 Å². The quantitative estimate of drug-likeness (QED) is 0.858. The molecule has 2 unspecified atom stereocenters. The van der Waals surface area contributed by atoms with Crippen LogP contribution in [0.1, 0.15) is 24.2 Å². The molecule has 1 saturated heterocycles. The molecule has 1 fully saturated rings. The van der Waals surface area contributed by atoms with Crippen molar-refractivity contribution >= 4 is 33.4 Å². The number of halogens is 2. The monoisotopic (exact) mass is 330 g/mol. The molecule has 1 aromatic carbocycles. The molecule has 18 heavy (non-hydrogen) atoms. The summed E-state index contributed by atoms with van der Waals surface area (Å²) in [4.78, 5) is 14.5. The molecule has 0 saturated carbocycles. The van der Waals surface area contributed by atoms with E-state index in [1.165, 1.54) is 0 Å². The summed E-state index contributed by atoms with van der Waals surface area (Å²) in [6.45, 7) is 5.74. The molecule has 0 aliphatic carbocycles. The second kappa shape index (κ2) is 5.59. The van der Waals surface area contributed by atoms with Gasteiger partial charge in [0.15, 0.2) is 0 Å². The van der Waals surface area contributed by atoms with Crippen molar-refractivity contribution in [3.63, 3.8) is 0 Å². The average Bonchev–Trinajstić information content (AvgIpc) is 2.32. The highest BCUT2D eigenvalue weighted by molar-refractivity contribution is 9.10. The van der Waals surface area contributed by atoms with Gasteiger partial charge in [0.05, 0.1) is 10.6 Å². The Morgan fingerprint density at radius 3 is 2.61 bits per heavy atom. The van der Waals surface area contributed by atoms with E-state index in [0.717, 1.165) is 17.6 Å². The summed E-state index contributed by atoms with van der Waals surface area (Å²) in [5, 5.41) is 3.81. The lowest BCUT2D eigenvalue weighted by Crippen LogP contribution is -2.57. The number of benzene rings is 1. The van der Waals surface area contributed by atoms with Crippen molar-refractivity contribution in [3.8, 4) is 0 Å². The van der Waals surface area contributed by atoms with E-state index < -0.39 is 0 Å². The molecule has 3 nitrogen and oxygen atoms in total. The van der Waals surface area contributed by atoms with E-state index >= 15 is 0 Å². The number of amides is 1. The standard InChI is InChI=1S/C13H16BrClN2O/c1-8-6-16-7-9(2)17(8)13(18)11-5-10(14)3-4-12(11)15/h3-5,8-9,16H,6-7H2,1-2H3. The Hall–Kier alpha value is -0.580. The van der Waals surface area contributed by atoms with E-state index in [1.807, 2.05) is 24.8 Å². The van der Waals surface area contributed by atoms with Gasteiger partial charge in [-0.3, -0.25) is 4.79 Å². The summed E-state index contributed by atoms with van der Waals surface area (Å²) in [7, 11) is 0. The zero-order valence-corrected chi connectivity index (χ0v) is 12.8. The van der Waals surface area contributed by atoms with Crippen LogP contribution in [0.4, 0.5) is 0 Å². The highest BCUT2D eigenvalue weighted by Crippen LogP contribution is 2.24. The zero-order valence-electron chi connectivity index (χ0n) is 10.4. The van der Waals surface area contributed by atoms with Crippen LogP contribution < -0.4 is 5.32 Å². The Morgan fingerprint density at radius 2 is 2.00 bits per heavy atom. The van der Waals surface area contributed by atoms with Crippen LogP contribution in [0, 0.1) is 0 Å². The first-order chi connectivity index (χ1) is 8.50. The number of carbonyl (C=O) groups is 1. The van der Waals surface area contributed by atoms with Gasteiger partial charge in [0.25, 0.3) is 5.91 Å². The van der Waals surface area contributed by atoms with E-state index in [4.69, 9.17) is 11.6 Å². The van der Waals surface area contributed by atoms with E-state index in [2.05, 4.69) is 21.2 Å². The molecule has 1 heterocycles. The van der Waals surface area contributed by atoms with Crippen molar-refractivity contribution < 1.29 is 4.79 Å². The molecule has 1 aliphatic heterocycles. The number of nitrogens with zero attached hydrogens (tertiary/aromatic N) is 1. The fraction of sp³-hybridized carbons (Fsp3) is 0.462. The molecule has 0 aromatic heterocycles. The van der Waals surface area contributed by atoms with E-state index in [0.29, 0.717) is 10.6 Å². The second-order valence-electron chi connectivity index (χ2n) is 4.69. The van der Waals surface area contributed by atoms with Crippen molar-refractivity contribution in [3.05, 3.63) is 33.3 Å². The van der Waals surface area contributed by atoms with Crippen molar-refractivity contribution in [2.75, 3.05) is 13.1 Å². The maximum Gasteiger partial charge on any atom is 0.255 e. The Kier molecular flexibility index (Phi) is 4.30. The fourth-order valence-corrected chi connectivity index (χ4v) is 2.89. The minimum Gasteiger partial charge on any atom is -0.331 e. The smallest absolute Gasteiger partial charge is 0.255 e. The molecule has 1 amide bonds. The van der Waals surface area contributed by atoms with Crippen LogP contribution in [0.25, 0.3) is 0 Å². The largest absolute Gasteiger partial charge is 0.331 e. The summed E-state index contributed by atoms with van der Waals surface area (Å²) < 4.78 is 0.866. The van der Waals surface area contributed by atoms with E-state index in [-0.39, 0.29) is 18.0 Å². The summed E-state index contributed by atoms with van der Waals surface area (Å²) >= 11 is 9.50.